The predicted molar refractivity (Wildman–Crippen MR) is 81.4 cm³/mol. The van der Waals surface area contributed by atoms with Crippen LogP contribution in [-0.2, 0) is 4.79 Å². The average Bonchev–Trinajstić information content (AvgIpc) is 3.30. The van der Waals surface area contributed by atoms with Gasteiger partial charge in [-0.25, -0.2) is 0 Å². The van der Waals surface area contributed by atoms with Crippen LogP contribution in [0.5, 0.6) is 0 Å². The Bertz CT molecular complexity index is 362. The molecule has 3 aliphatic rings. The number of rotatable bonds is 5. The molecule has 0 aromatic heterocycles. The van der Waals surface area contributed by atoms with Gasteiger partial charge in [0.2, 0.25) is 5.91 Å². The van der Waals surface area contributed by atoms with Crippen LogP contribution in [0.2, 0.25) is 0 Å². The number of hydrogen-bond acceptors (Lipinski definition) is 2. The van der Waals surface area contributed by atoms with E-state index in [0.717, 1.165) is 25.3 Å². The summed E-state index contributed by atoms with van der Waals surface area (Å²) in [5.74, 6) is 1.38. The number of carbonyl (C=O) groups excluding carboxylic acids is 1. The second-order valence-electron chi connectivity index (χ2n) is 6.90. The Morgan fingerprint density at radius 2 is 1.95 bits per heavy atom. The zero-order chi connectivity index (χ0) is 13.8. The molecule has 0 spiro atoms. The van der Waals surface area contributed by atoms with Gasteiger partial charge in [0.15, 0.2) is 0 Å². The Hall–Kier alpha value is -0.830. The summed E-state index contributed by atoms with van der Waals surface area (Å²) < 4.78 is 0. The molecule has 20 heavy (non-hydrogen) atoms. The summed E-state index contributed by atoms with van der Waals surface area (Å²) in [4.78, 5) is 12.2. The van der Waals surface area contributed by atoms with Crippen LogP contribution in [0.1, 0.15) is 57.8 Å². The number of nitrogens with one attached hydrogen (secondary N) is 2. The smallest absolute Gasteiger partial charge is 0.223 e. The summed E-state index contributed by atoms with van der Waals surface area (Å²) in [5, 5.41) is 6.90. The number of amides is 1. The molecule has 3 nitrogen and oxygen atoms in total. The molecule has 2 fully saturated rings. The Balaban J connectivity index is 1.40. The lowest BCUT2D eigenvalue weighted by Crippen LogP contribution is -2.42. The minimum Gasteiger partial charge on any atom is -0.353 e. The van der Waals surface area contributed by atoms with E-state index in [0.29, 0.717) is 18.0 Å². The molecule has 0 saturated heterocycles. The largest absolute Gasteiger partial charge is 0.353 e. The Kier molecular flexibility index (Phi) is 4.77. The molecule has 1 amide bonds. The van der Waals surface area contributed by atoms with Gasteiger partial charge in [0.25, 0.3) is 0 Å². The number of allylic oxidation sites excluding steroid dienone is 2. The van der Waals surface area contributed by atoms with Gasteiger partial charge >= 0.3 is 0 Å². The SMILES string of the molecule is O=C(NC1CC1)[C@@H]1CCC[C@H](NC[C@H]2CC=CCC2)C1. The molecule has 0 aliphatic heterocycles. The molecular formula is C17H28N2O. The van der Waals surface area contributed by atoms with Crippen molar-refractivity contribution in [3.05, 3.63) is 12.2 Å². The minimum atomic E-state index is 0.258. The van der Waals surface area contributed by atoms with Crippen LogP contribution in [0.3, 0.4) is 0 Å². The minimum absolute atomic E-state index is 0.258. The first-order valence-electron chi connectivity index (χ1n) is 8.50. The molecule has 112 valence electrons. The van der Waals surface area contributed by atoms with Gasteiger partial charge in [-0.2, -0.15) is 0 Å². The van der Waals surface area contributed by atoms with Gasteiger partial charge in [-0.15, -0.1) is 0 Å². The highest BCUT2D eigenvalue weighted by molar-refractivity contribution is 5.79. The van der Waals surface area contributed by atoms with Gasteiger partial charge in [0.05, 0.1) is 0 Å². The quantitative estimate of drug-likeness (QED) is 0.758. The third-order valence-corrected chi connectivity index (χ3v) is 5.04. The first-order valence-corrected chi connectivity index (χ1v) is 8.50. The van der Waals surface area contributed by atoms with Crippen molar-refractivity contribution in [3.8, 4) is 0 Å². The fourth-order valence-corrected chi connectivity index (χ4v) is 3.54. The Morgan fingerprint density at radius 3 is 2.70 bits per heavy atom. The van der Waals surface area contributed by atoms with Crippen molar-refractivity contribution >= 4 is 5.91 Å². The van der Waals surface area contributed by atoms with Gasteiger partial charge in [-0.3, -0.25) is 4.79 Å². The highest BCUT2D eigenvalue weighted by atomic mass is 16.2. The molecule has 3 aliphatic carbocycles. The summed E-state index contributed by atoms with van der Waals surface area (Å²) in [5.41, 5.74) is 0. The molecule has 3 rings (SSSR count). The van der Waals surface area contributed by atoms with Gasteiger partial charge in [-0.05, 0) is 63.8 Å². The first kappa shape index (κ1) is 14.1. The summed E-state index contributed by atoms with van der Waals surface area (Å²) in [6.45, 7) is 1.13. The van der Waals surface area contributed by atoms with Crippen molar-refractivity contribution in [3.63, 3.8) is 0 Å². The van der Waals surface area contributed by atoms with E-state index in [1.54, 1.807) is 0 Å². The second-order valence-corrected chi connectivity index (χ2v) is 6.90. The standard InChI is InChI=1S/C17H28N2O/c20-17(19-15-9-10-15)14-7-4-8-16(11-14)18-12-13-5-2-1-3-6-13/h1-2,13-16,18H,3-12H2,(H,19,20)/t13-,14+,16-/m0/s1. The maximum Gasteiger partial charge on any atom is 0.223 e. The molecule has 3 atom stereocenters. The van der Waals surface area contributed by atoms with E-state index < -0.39 is 0 Å². The van der Waals surface area contributed by atoms with Crippen LogP contribution in [0.25, 0.3) is 0 Å². The average molecular weight is 276 g/mol. The summed E-state index contributed by atoms with van der Waals surface area (Å²) >= 11 is 0. The molecule has 3 heteroatoms. The van der Waals surface area contributed by atoms with Crippen LogP contribution in [0.4, 0.5) is 0 Å². The predicted octanol–water partition coefficient (Wildman–Crippen LogP) is 2.77. The fourth-order valence-electron chi connectivity index (χ4n) is 3.54. The third kappa shape index (κ3) is 4.08. The van der Waals surface area contributed by atoms with Crippen LogP contribution < -0.4 is 10.6 Å². The van der Waals surface area contributed by atoms with Crippen molar-refractivity contribution in [1.29, 1.82) is 0 Å². The molecule has 0 aromatic carbocycles. The van der Waals surface area contributed by atoms with E-state index in [1.807, 2.05) is 0 Å². The lowest BCUT2D eigenvalue weighted by atomic mass is 9.84. The van der Waals surface area contributed by atoms with Crippen LogP contribution in [0, 0.1) is 11.8 Å². The molecule has 0 heterocycles. The highest BCUT2D eigenvalue weighted by Crippen LogP contribution is 2.27. The van der Waals surface area contributed by atoms with Crippen LogP contribution in [0.15, 0.2) is 12.2 Å². The lowest BCUT2D eigenvalue weighted by molar-refractivity contribution is -0.126. The molecule has 0 aromatic rings. The molecule has 0 unspecified atom stereocenters. The zero-order valence-electron chi connectivity index (χ0n) is 12.4. The van der Waals surface area contributed by atoms with Crippen LogP contribution in [-0.4, -0.2) is 24.5 Å². The fraction of sp³-hybridized carbons (Fsp3) is 0.824. The van der Waals surface area contributed by atoms with E-state index >= 15 is 0 Å². The van der Waals surface area contributed by atoms with E-state index in [4.69, 9.17) is 0 Å². The molecule has 0 radical (unpaired) electrons. The van der Waals surface area contributed by atoms with Crippen molar-refractivity contribution in [1.82, 2.24) is 10.6 Å². The topological polar surface area (TPSA) is 41.1 Å². The first-order chi connectivity index (χ1) is 9.81. The normalized spacial score (nSPS) is 33.9. The summed E-state index contributed by atoms with van der Waals surface area (Å²) in [6.07, 6.45) is 15.4. The summed E-state index contributed by atoms with van der Waals surface area (Å²) in [7, 11) is 0. The van der Waals surface area contributed by atoms with Crippen molar-refractivity contribution in [2.24, 2.45) is 11.8 Å². The van der Waals surface area contributed by atoms with E-state index in [-0.39, 0.29) is 5.92 Å². The molecule has 2 N–H and O–H groups in total. The van der Waals surface area contributed by atoms with Crippen molar-refractivity contribution in [2.75, 3.05) is 6.54 Å². The van der Waals surface area contributed by atoms with Crippen LogP contribution >= 0.6 is 0 Å². The third-order valence-electron chi connectivity index (χ3n) is 5.04. The summed E-state index contributed by atoms with van der Waals surface area (Å²) in [6, 6.07) is 1.06. The van der Waals surface area contributed by atoms with Gasteiger partial charge in [-0.1, -0.05) is 18.6 Å². The maximum absolute atomic E-state index is 12.2. The van der Waals surface area contributed by atoms with Gasteiger partial charge in [0, 0.05) is 18.0 Å². The molecule has 0 bridgehead atoms. The van der Waals surface area contributed by atoms with E-state index in [1.165, 1.54) is 44.9 Å². The van der Waals surface area contributed by atoms with E-state index in [2.05, 4.69) is 22.8 Å². The zero-order valence-corrected chi connectivity index (χ0v) is 12.4. The second kappa shape index (κ2) is 6.75. The monoisotopic (exact) mass is 276 g/mol. The van der Waals surface area contributed by atoms with Gasteiger partial charge in [0.1, 0.15) is 0 Å². The molecular weight excluding hydrogens is 248 g/mol. The Morgan fingerprint density at radius 1 is 1.05 bits per heavy atom. The maximum atomic E-state index is 12.2. The van der Waals surface area contributed by atoms with E-state index in [9.17, 15) is 4.79 Å². The van der Waals surface area contributed by atoms with Crippen molar-refractivity contribution in [2.45, 2.75) is 69.9 Å². The van der Waals surface area contributed by atoms with Gasteiger partial charge < -0.3 is 10.6 Å². The highest BCUT2D eigenvalue weighted by Gasteiger charge is 2.31. The molecule has 2 saturated carbocycles. The lowest BCUT2D eigenvalue weighted by Gasteiger charge is -2.30. The van der Waals surface area contributed by atoms with Crippen molar-refractivity contribution < 1.29 is 4.79 Å². The Labute approximate surface area is 122 Å². The number of hydrogen-bond donors (Lipinski definition) is 2. The number of carbonyl (C=O) groups is 1.